The quantitative estimate of drug-likeness (QED) is 0.150. The van der Waals surface area contributed by atoms with Gasteiger partial charge in [-0.3, -0.25) is 0 Å². The number of fused-ring (bicyclic) bond motifs is 10. The van der Waals surface area contributed by atoms with Crippen molar-refractivity contribution in [3.63, 3.8) is 0 Å². The van der Waals surface area contributed by atoms with Gasteiger partial charge in [0.25, 0.3) is 0 Å². The molecular formula is C64H52N2. The molecule has 2 saturated carbocycles. The molecule has 0 heterocycles. The lowest BCUT2D eigenvalue weighted by Gasteiger charge is -2.31. The van der Waals surface area contributed by atoms with Crippen molar-refractivity contribution in [3.8, 4) is 44.5 Å². The van der Waals surface area contributed by atoms with Crippen LogP contribution in [0.3, 0.4) is 0 Å². The second-order valence-electron chi connectivity index (χ2n) is 19.1. The third-order valence-corrected chi connectivity index (χ3v) is 15.7. The Kier molecular flexibility index (Phi) is 9.24. The molecule has 2 fully saturated rings. The first-order chi connectivity index (χ1) is 32.7. The molecule has 2 nitrogen and oxygen atoms in total. The molecule has 0 amide bonds. The number of nitrogens with zero attached hydrogens (tertiary/aromatic N) is 2. The van der Waals surface area contributed by atoms with Gasteiger partial charge < -0.3 is 9.80 Å². The highest BCUT2D eigenvalue weighted by Gasteiger charge is 2.46. The van der Waals surface area contributed by atoms with Crippen molar-refractivity contribution in [2.45, 2.75) is 62.2 Å². The fourth-order valence-electron chi connectivity index (χ4n) is 12.8. The molecular weight excluding hydrogens is 797 g/mol. The van der Waals surface area contributed by atoms with Crippen molar-refractivity contribution >= 4 is 34.1 Å². The fraction of sp³-hybridized carbons (Fsp3) is 0.156. The van der Waals surface area contributed by atoms with E-state index in [1.54, 1.807) is 0 Å². The van der Waals surface area contributed by atoms with E-state index in [1.807, 2.05) is 0 Å². The molecule has 0 unspecified atom stereocenters. The summed E-state index contributed by atoms with van der Waals surface area (Å²) in [5, 5.41) is 0. The van der Waals surface area contributed by atoms with Crippen molar-refractivity contribution in [2.75, 3.05) is 9.80 Å². The molecule has 2 spiro atoms. The third kappa shape index (κ3) is 6.08. The Labute approximate surface area is 389 Å². The zero-order chi connectivity index (χ0) is 43.7. The third-order valence-electron chi connectivity index (χ3n) is 15.7. The zero-order valence-corrected chi connectivity index (χ0v) is 37.3. The van der Waals surface area contributed by atoms with E-state index in [0.717, 1.165) is 22.7 Å². The van der Waals surface area contributed by atoms with Gasteiger partial charge in [0.2, 0.25) is 0 Å². The summed E-state index contributed by atoms with van der Waals surface area (Å²) in [6.07, 6.45) is 9.96. The minimum Gasteiger partial charge on any atom is -0.310 e. The highest BCUT2D eigenvalue weighted by Crippen LogP contribution is 2.59. The van der Waals surface area contributed by atoms with Crippen LogP contribution < -0.4 is 9.80 Å². The van der Waals surface area contributed by atoms with Gasteiger partial charge in [-0.2, -0.15) is 0 Å². The number of rotatable bonds is 8. The summed E-state index contributed by atoms with van der Waals surface area (Å²) in [5.41, 5.74) is 23.7. The maximum Gasteiger partial charge on any atom is 0.0540 e. The maximum absolute atomic E-state index is 2.53. The van der Waals surface area contributed by atoms with Gasteiger partial charge in [-0.25, -0.2) is 0 Å². The lowest BCUT2D eigenvalue weighted by Crippen LogP contribution is -2.21. The second kappa shape index (κ2) is 15.6. The van der Waals surface area contributed by atoms with Crippen molar-refractivity contribution in [2.24, 2.45) is 0 Å². The first-order valence-corrected chi connectivity index (χ1v) is 24.2. The van der Waals surface area contributed by atoms with E-state index < -0.39 is 0 Å². The Morgan fingerprint density at radius 2 is 0.667 bits per heavy atom. The minimum absolute atomic E-state index is 0.0865. The highest BCUT2D eigenvalue weighted by molar-refractivity contribution is 5.93. The summed E-state index contributed by atoms with van der Waals surface area (Å²) in [4.78, 5) is 4.93. The normalized spacial score (nSPS) is 15.6. The van der Waals surface area contributed by atoms with Gasteiger partial charge in [0.15, 0.2) is 0 Å². The second-order valence-corrected chi connectivity index (χ2v) is 19.1. The predicted molar refractivity (Wildman–Crippen MR) is 276 cm³/mol. The van der Waals surface area contributed by atoms with Crippen LogP contribution in [0.5, 0.6) is 0 Å². The van der Waals surface area contributed by atoms with Gasteiger partial charge in [-0.15, -0.1) is 0 Å². The molecule has 0 N–H and O–H groups in total. The lowest BCUT2D eigenvalue weighted by molar-refractivity contribution is 0.550. The van der Waals surface area contributed by atoms with E-state index in [4.69, 9.17) is 0 Å². The van der Waals surface area contributed by atoms with Crippen LogP contribution in [0.15, 0.2) is 218 Å². The maximum atomic E-state index is 2.53. The molecule has 2 heteroatoms. The molecule has 4 aliphatic rings. The van der Waals surface area contributed by atoms with E-state index in [9.17, 15) is 0 Å². The molecule has 318 valence electrons. The summed E-state index contributed by atoms with van der Waals surface area (Å²) < 4.78 is 0. The molecule has 66 heavy (non-hydrogen) atoms. The highest BCUT2D eigenvalue weighted by atomic mass is 15.1. The molecule has 0 radical (unpaired) electrons. The lowest BCUT2D eigenvalue weighted by atomic mass is 9.76. The standard InChI is InChI=1S/C64H52N2/c1-4-18-46(19-5-1)57-42-47(30-37-62(57)66(49-22-8-3-9-23-49)52-34-36-56-54-25-11-13-27-59(54)64(61(56)44-52)40-16-17-41-64)45-28-31-50(32-29-45)65(48-20-6-2-7-21-48)51-33-35-55-53-24-10-12-26-58(53)63(60(55)43-51)38-14-15-39-63/h1-13,18-37,42-44H,14-17,38-41H2. The Morgan fingerprint density at radius 1 is 0.258 bits per heavy atom. The summed E-state index contributed by atoms with van der Waals surface area (Å²) in [7, 11) is 0. The van der Waals surface area contributed by atoms with Crippen LogP contribution >= 0.6 is 0 Å². The van der Waals surface area contributed by atoms with Gasteiger partial charge in [-0.1, -0.05) is 171 Å². The largest absolute Gasteiger partial charge is 0.310 e. The summed E-state index contributed by atoms with van der Waals surface area (Å²) in [6, 6.07) is 81.9. The number of anilines is 6. The fourth-order valence-corrected chi connectivity index (χ4v) is 12.8. The van der Waals surface area contributed by atoms with Crippen LogP contribution in [-0.4, -0.2) is 0 Å². The monoisotopic (exact) mass is 848 g/mol. The van der Waals surface area contributed by atoms with Crippen LogP contribution in [0.25, 0.3) is 44.5 Å². The van der Waals surface area contributed by atoms with Crippen molar-refractivity contribution < 1.29 is 0 Å². The molecule has 0 bridgehead atoms. The molecule has 9 aromatic rings. The van der Waals surface area contributed by atoms with Crippen LogP contribution in [0.4, 0.5) is 34.1 Å². The molecule has 13 rings (SSSR count). The smallest absolute Gasteiger partial charge is 0.0540 e. The Bertz CT molecular complexity index is 3250. The average molecular weight is 849 g/mol. The van der Waals surface area contributed by atoms with E-state index in [0.29, 0.717) is 0 Å². The number of hydrogen-bond donors (Lipinski definition) is 0. The topological polar surface area (TPSA) is 6.48 Å². The van der Waals surface area contributed by atoms with Crippen molar-refractivity contribution in [1.82, 2.24) is 0 Å². The number of para-hydroxylation sites is 2. The van der Waals surface area contributed by atoms with Crippen LogP contribution in [0, 0.1) is 0 Å². The molecule has 9 aromatic carbocycles. The molecule has 0 atom stereocenters. The van der Waals surface area contributed by atoms with E-state index in [1.165, 1.54) is 130 Å². The predicted octanol–water partition coefficient (Wildman–Crippen LogP) is 17.6. The van der Waals surface area contributed by atoms with Gasteiger partial charge in [0.05, 0.1) is 5.69 Å². The summed E-state index contributed by atoms with van der Waals surface area (Å²) in [5.74, 6) is 0. The van der Waals surface area contributed by atoms with Crippen molar-refractivity contribution in [3.05, 3.63) is 241 Å². The van der Waals surface area contributed by atoms with Crippen LogP contribution in [-0.2, 0) is 10.8 Å². The van der Waals surface area contributed by atoms with Gasteiger partial charge >= 0.3 is 0 Å². The number of benzene rings is 9. The van der Waals surface area contributed by atoms with E-state index >= 15 is 0 Å². The van der Waals surface area contributed by atoms with Gasteiger partial charge in [0, 0.05) is 44.8 Å². The molecule has 0 saturated heterocycles. The molecule has 0 aliphatic heterocycles. The van der Waals surface area contributed by atoms with Gasteiger partial charge in [-0.05, 0) is 160 Å². The van der Waals surface area contributed by atoms with E-state index in [2.05, 4.69) is 228 Å². The van der Waals surface area contributed by atoms with E-state index in [-0.39, 0.29) is 10.8 Å². The number of hydrogen-bond acceptors (Lipinski definition) is 2. The first-order valence-electron chi connectivity index (χ1n) is 24.2. The Hall–Kier alpha value is -7.42. The zero-order valence-electron chi connectivity index (χ0n) is 37.3. The SMILES string of the molecule is c1ccc(-c2cc(-c3ccc(N(c4ccccc4)c4ccc5c(c4)C4(CCCC4)c4ccccc4-5)cc3)ccc2N(c2ccccc2)c2ccc3c(c2)C2(CCCC2)c2ccccc2-3)cc1. The Balaban J connectivity index is 0.909. The molecule has 4 aliphatic carbocycles. The first kappa shape index (κ1) is 39.0. The van der Waals surface area contributed by atoms with Crippen molar-refractivity contribution in [1.29, 1.82) is 0 Å². The summed E-state index contributed by atoms with van der Waals surface area (Å²) >= 11 is 0. The molecule has 0 aromatic heterocycles. The van der Waals surface area contributed by atoms with Crippen LogP contribution in [0.1, 0.15) is 73.6 Å². The average Bonchev–Trinajstić information content (AvgIpc) is 4.20. The Morgan fingerprint density at radius 3 is 1.21 bits per heavy atom. The minimum atomic E-state index is 0.0865. The van der Waals surface area contributed by atoms with Crippen LogP contribution in [0.2, 0.25) is 0 Å². The van der Waals surface area contributed by atoms with Gasteiger partial charge in [0.1, 0.15) is 0 Å². The summed E-state index contributed by atoms with van der Waals surface area (Å²) in [6.45, 7) is 0.